The summed E-state index contributed by atoms with van der Waals surface area (Å²) in [5.41, 5.74) is 5.40. The van der Waals surface area contributed by atoms with Gasteiger partial charge in [0.05, 0.1) is 11.4 Å². The molecular formula is C22H17N3S. The lowest BCUT2D eigenvalue weighted by Gasteiger charge is -2.05. The van der Waals surface area contributed by atoms with Gasteiger partial charge in [-0.25, -0.2) is 0 Å². The highest BCUT2D eigenvalue weighted by molar-refractivity contribution is 7.98. The van der Waals surface area contributed by atoms with Crippen LogP contribution in [0.15, 0.2) is 96.2 Å². The third-order valence-corrected chi connectivity index (χ3v) is 4.98. The van der Waals surface area contributed by atoms with Crippen LogP contribution in [0.4, 0.5) is 0 Å². The molecule has 0 atom stereocenters. The van der Waals surface area contributed by atoms with E-state index in [4.69, 9.17) is 0 Å². The van der Waals surface area contributed by atoms with Gasteiger partial charge in [-0.15, -0.1) is 10.2 Å². The first-order valence-electron chi connectivity index (χ1n) is 8.41. The van der Waals surface area contributed by atoms with E-state index in [2.05, 4.69) is 63.7 Å². The predicted molar refractivity (Wildman–Crippen MR) is 107 cm³/mol. The Morgan fingerprint density at radius 2 is 1.35 bits per heavy atom. The van der Waals surface area contributed by atoms with Crippen molar-refractivity contribution < 1.29 is 0 Å². The molecule has 3 nitrogen and oxygen atoms in total. The number of aromatic nitrogens is 3. The maximum atomic E-state index is 4.37. The summed E-state index contributed by atoms with van der Waals surface area (Å²) in [4.78, 5) is 4.32. The standard InChI is InChI=1S/C22H17N3S/c1-2-6-17(7-3-1)18-9-11-19(12-10-18)21-13-14-22(25-24-21)26-16-20-8-4-5-15-23-20/h1-15H,16H2. The Kier molecular flexibility index (Phi) is 5.03. The Hall–Kier alpha value is -2.98. The highest BCUT2D eigenvalue weighted by Gasteiger charge is 2.04. The number of thioether (sulfide) groups is 1. The zero-order valence-electron chi connectivity index (χ0n) is 14.1. The molecule has 0 radical (unpaired) electrons. The van der Waals surface area contributed by atoms with Gasteiger partial charge in [0.15, 0.2) is 0 Å². The summed E-state index contributed by atoms with van der Waals surface area (Å²) in [5, 5.41) is 9.61. The third kappa shape index (κ3) is 3.98. The average molecular weight is 355 g/mol. The van der Waals surface area contributed by atoms with E-state index < -0.39 is 0 Å². The van der Waals surface area contributed by atoms with E-state index in [1.54, 1.807) is 11.8 Å². The molecule has 4 rings (SSSR count). The lowest BCUT2D eigenvalue weighted by molar-refractivity contribution is 0.934. The fraction of sp³-hybridized carbons (Fsp3) is 0.0455. The number of hydrogen-bond donors (Lipinski definition) is 0. The number of rotatable bonds is 5. The van der Waals surface area contributed by atoms with Crippen molar-refractivity contribution in [3.8, 4) is 22.4 Å². The van der Waals surface area contributed by atoms with Crippen molar-refractivity contribution in [1.82, 2.24) is 15.2 Å². The highest BCUT2D eigenvalue weighted by atomic mass is 32.2. The quantitative estimate of drug-likeness (QED) is 0.443. The van der Waals surface area contributed by atoms with E-state index >= 15 is 0 Å². The Morgan fingerprint density at radius 1 is 0.615 bits per heavy atom. The molecule has 0 saturated heterocycles. The minimum Gasteiger partial charge on any atom is -0.260 e. The van der Waals surface area contributed by atoms with E-state index in [0.717, 1.165) is 27.7 Å². The van der Waals surface area contributed by atoms with Crippen molar-refractivity contribution in [1.29, 1.82) is 0 Å². The highest BCUT2D eigenvalue weighted by Crippen LogP contribution is 2.25. The van der Waals surface area contributed by atoms with Gasteiger partial charge in [0.1, 0.15) is 5.03 Å². The van der Waals surface area contributed by atoms with Gasteiger partial charge in [-0.05, 0) is 35.4 Å². The molecule has 0 unspecified atom stereocenters. The molecule has 0 fully saturated rings. The number of pyridine rings is 1. The number of nitrogens with zero attached hydrogens (tertiary/aromatic N) is 3. The summed E-state index contributed by atoms with van der Waals surface area (Å²) in [6.07, 6.45) is 1.81. The van der Waals surface area contributed by atoms with Crippen LogP contribution in [0, 0.1) is 0 Å². The maximum Gasteiger partial charge on any atom is 0.119 e. The second-order valence-electron chi connectivity index (χ2n) is 5.81. The predicted octanol–water partition coefficient (Wildman–Crippen LogP) is 5.50. The number of hydrogen-bond acceptors (Lipinski definition) is 4. The average Bonchev–Trinajstić information content (AvgIpc) is 2.74. The van der Waals surface area contributed by atoms with Crippen LogP contribution in [-0.4, -0.2) is 15.2 Å². The minimum absolute atomic E-state index is 0.792. The molecule has 2 heterocycles. The first-order valence-corrected chi connectivity index (χ1v) is 9.39. The Labute approximate surface area is 157 Å². The molecule has 0 saturated carbocycles. The van der Waals surface area contributed by atoms with Gasteiger partial charge in [0.25, 0.3) is 0 Å². The lowest BCUT2D eigenvalue weighted by atomic mass is 10.0. The molecule has 126 valence electrons. The van der Waals surface area contributed by atoms with Crippen LogP contribution in [-0.2, 0) is 5.75 Å². The summed E-state index contributed by atoms with van der Waals surface area (Å²) in [5.74, 6) is 0.792. The molecule has 26 heavy (non-hydrogen) atoms. The second kappa shape index (κ2) is 7.93. The molecule has 0 aliphatic carbocycles. The van der Waals surface area contributed by atoms with Gasteiger partial charge in [0, 0.05) is 17.5 Å². The molecule has 0 N–H and O–H groups in total. The van der Waals surface area contributed by atoms with Crippen LogP contribution in [0.25, 0.3) is 22.4 Å². The first-order chi connectivity index (χ1) is 12.9. The molecule has 4 aromatic rings. The Morgan fingerprint density at radius 3 is 2.04 bits per heavy atom. The maximum absolute atomic E-state index is 4.37. The smallest absolute Gasteiger partial charge is 0.119 e. The zero-order chi connectivity index (χ0) is 17.6. The van der Waals surface area contributed by atoms with Gasteiger partial charge < -0.3 is 0 Å². The SMILES string of the molecule is c1ccc(-c2ccc(-c3ccc(SCc4ccccn4)nn3)cc2)cc1. The molecule has 0 aliphatic rings. The van der Waals surface area contributed by atoms with Crippen molar-refractivity contribution >= 4 is 11.8 Å². The van der Waals surface area contributed by atoms with Crippen molar-refractivity contribution in [2.24, 2.45) is 0 Å². The summed E-state index contributed by atoms with van der Waals surface area (Å²) < 4.78 is 0. The molecule has 2 aromatic carbocycles. The first kappa shape index (κ1) is 16.5. The van der Waals surface area contributed by atoms with Crippen LogP contribution < -0.4 is 0 Å². The topological polar surface area (TPSA) is 38.7 Å². The van der Waals surface area contributed by atoms with Crippen molar-refractivity contribution in [2.75, 3.05) is 0 Å². The minimum atomic E-state index is 0.792. The third-order valence-electron chi connectivity index (χ3n) is 4.02. The molecule has 4 heteroatoms. The number of benzene rings is 2. The van der Waals surface area contributed by atoms with E-state index in [1.807, 2.05) is 42.6 Å². The Balaban J connectivity index is 1.45. The largest absolute Gasteiger partial charge is 0.260 e. The van der Waals surface area contributed by atoms with Crippen molar-refractivity contribution in [2.45, 2.75) is 10.8 Å². The summed E-state index contributed by atoms with van der Waals surface area (Å²) >= 11 is 1.64. The van der Waals surface area contributed by atoms with E-state index in [9.17, 15) is 0 Å². The van der Waals surface area contributed by atoms with Crippen LogP contribution in [0.3, 0.4) is 0 Å². The summed E-state index contributed by atoms with van der Waals surface area (Å²) in [7, 11) is 0. The van der Waals surface area contributed by atoms with E-state index in [-0.39, 0.29) is 0 Å². The molecule has 0 bridgehead atoms. The van der Waals surface area contributed by atoms with Crippen LogP contribution in [0.2, 0.25) is 0 Å². The van der Waals surface area contributed by atoms with Gasteiger partial charge >= 0.3 is 0 Å². The Bertz CT molecular complexity index is 954. The zero-order valence-corrected chi connectivity index (χ0v) is 14.9. The van der Waals surface area contributed by atoms with Gasteiger partial charge in [-0.2, -0.15) is 0 Å². The molecular weight excluding hydrogens is 338 g/mol. The summed E-state index contributed by atoms with van der Waals surface area (Å²) in [6.45, 7) is 0. The fourth-order valence-electron chi connectivity index (χ4n) is 2.65. The fourth-order valence-corrected chi connectivity index (χ4v) is 3.38. The van der Waals surface area contributed by atoms with Crippen LogP contribution >= 0.6 is 11.8 Å². The molecule has 2 aromatic heterocycles. The second-order valence-corrected chi connectivity index (χ2v) is 6.81. The normalized spacial score (nSPS) is 10.6. The monoisotopic (exact) mass is 355 g/mol. The lowest BCUT2D eigenvalue weighted by Crippen LogP contribution is -1.91. The van der Waals surface area contributed by atoms with Crippen LogP contribution in [0.1, 0.15) is 5.69 Å². The van der Waals surface area contributed by atoms with Crippen LogP contribution in [0.5, 0.6) is 0 Å². The van der Waals surface area contributed by atoms with Gasteiger partial charge in [-0.3, -0.25) is 4.98 Å². The van der Waals surface area contributed by atoms with Gasteiger partial charge in [-0.1, -0.05) is 72.4 Å². The van der Waals surface area contributed by atoms with E-state index in [0.29, 0.717) is 0 Å². The van der Waals surface area contributed by atoms with Gasteiger partial charge in [0.2, 0.25) is 0 Å². The van der Waals surface area contributed by atoms with Crippen molar-refractivity contribution in [3.63, 3.8) is 0 Å². The summed E-state index contributed by atoms with van der Waals surface area (Å²) in [6, 6.07) is 28.8. The molecule has 0 spiro atoms. The van der Waals surface area contributed by atoms with E-state index in [1.165, 1.54) is 11.1 Å². The van der Waals surface area contributed by atoms with Crippen molar-refractivity contribution in [3.05, 3.63) is 96.8 Å². The molecule has 0 amide bonds. The molecule has 0 aliphatic heterocycles.